The molecule has 10 nitrogen and oxygen atoms in total. The standard InChI is InChI=1S/C22H16Cl2N2O8S/c1-25(26-9-12(23)8-17(24)35-26)18(10-2-4-13(19(27)28)15(6-10)21(31)32)11-3-5-14(20(29)30)16(7-11)22(33)34/h2-9,18H,1H3,(H,27,28)(H,29,30)(H,31,32)(H,33,34). The molecule has 3 rings (SSSR count). The first-order chi connectivity index (χ1) is 16.4. The third-order valence-electron chi connectivity index (χ3n) is 4.99. The van der Waals surface area contributed by atoms with Crippen LogP contribution in [0.5, 0.6) is 0 Å². The number of carboxylic acids is 4. The predicted molar refractivity (Wildman–Crippen MR) is 128 cm³/mol. The molecule has 1 aliphatic rings. The summed E-state index contributed by atoms with van der Waals surface area (Å²) in [5.74, 6) is -5.81. The molecule has 2 aromatic rings. The Kier molecular flexibility index (Phi) is 7.76. The van der Waals surface area contributed by atoms with Gasteiger partial charge in [0, 0.05) is 25.2 Å². The number of hydrogen-bond acceptors (Lipinski definition) is 7. The van der Waals surface area contributed by atoms with Crippen molar-refractivity contribution < 1.29 is 39.6 Å². The summed E-state index contributed by atoms with van der Waals surface area (Å²) in [4.78, 5) is 46.5. The first kappa shape index (κ1) is 26.1. The fourth-order valence-electron chi connectivity index (χ4n) is 3.48. The lowest BCUT2D eigenvalue weighted by atomic mass is 9.92. The Morgan fingerprint density at radius 2 is 1.23 bits per heavy atom. The molecule has 0 aliphatic carbocycles. The Morgan fingerprint density at radius 1 is 0.800 bits per heavy atom. The lowest BCUT2D eigenvalue weighted by Gasteiger charge is -2.37. The molecule has 0 amide bonds. The fraction of sp³-hybridized carbons (Fsp3) is 0.0909. The highest BCUT2D eigenvalue weighted by Gasteiger charge is 2.29. The van der Waals surface area contributed by atoms with Crippen LogP contribution >= 0.6 is 35.1 Å². The highest BCUT2D eigenvalue weighted by Crippen LogP contribution is 2.39. The van der Waals surface area contributed by atoms with E-state index in [1.807, 2.05) is 0 Å². The van der Waals surface area contributed by atoms with Crippen molar-refractivity contribution in [1.29, 1.82) is 0 Å². The van der Waals surface area contributed by atoms with Crippen LogP contribution in [0.15, 0.2) is 58.1 Å². The molecule has 35 heavy (non-hydrogen) atoms. The van der Waals surface area contributed by atoms with E-state index in [1.54, 1.807) is 12.1 Å². The van der Waals surface area contributed by atoms with Crippen LogP contribution in [-0.4, -0.2) is 60.8 Å². The molecule has 13 heteroatoms. The molecule has 1 heterocycles. The van der Waals surface area contributed by atoms with Gasteiger partial charge in [-0.2, -0.15) is 0 Å². The molecular weight excluding hydrogens is 523 g/mol. The lowest BCUT2D eigenvalue weighted by Crippen LogP contribution is -2.36. The zero-order valence-corrected chi connectivity index (χ0v) is 20.0. The van der Waals surface area contributed by atoms with E-state index in [4.69, 9.17) is 23.2 Å². The Labute approximate surface area is 212 Å². The van der Waals surface area contributed by atoms with Crippen molar-refractivity contribution >= 4 is 59.0 Å². The average molecular weight is 539 g/mol. The van der Waals surface area contributed by atoms with E-state index in [-0.39, 0.29) is 16.2 Å². The van der Waals surface area contributed by atoms with Crippen molar-refractivity contribution in [2.45, 2.75) is 6.04 Å². The zero-order valence-electron chi connectivity index (χ0n) is 17.7. The summed E-state index contributed by atoms with van der Waals surface area (Å²) >= 11 is 13.3. The highest BCUT2D eigenvalue weighted by molar-refractivity contribution is 8.02. The molecule has 0 unspecified atom stereocenters. The monoisotopic (exact) mass is 538 g/mol. The first-order valence-corrected chi connectivity index (χ1v) is 11.1. The molecule has 0 atom stereocenters. The SMILES string of the molecule is CN(C(c1ccc(C(=O)O)c(C(=O)O)c1)c1ccc(C(=O)O)c(C(=O)O)c1)N1C=C(Cl)C=C(Cl)S1. The van der Waals surface area contributed by atoms with Crippen molar-refractivity contribution in [1.82, 2.24) is 9.42 Å². The summed E-state index contributed by atoms with van der Waals surface area (Å²) in [6.07, 6.45) is 3.01. The van der Waals surface area contributed by atoms with Gasteiger partial charge < -0.3 is 20.4 Å². The zero-order chi connectivity index (χ0) is 26.0. The van der Waals surface area contributed by atoms with Crippen molar-refractivity contribution in [3.05, 3.63) is 91.5 Å². The van der Waals surface area contributed by atoms with Gasteiger partial charge in [-0.05, 0) is 41.5 Å². The fourth-order valence-corrected chi connectivity index (χ4v) is 4.93. The number of carbonyl (C=O) groups is 4. The van der Waals surface area contributed by atoms with Crippen LogP contribution in [-0.2, 0) is 0 Å². The minimum Gasteiger partial charge on any atom is -0.478 e. The van der Waals surface area contributed by atoms with Crippen LogP contribution in [0.25, 0.3) is 0 Å². The van der Waals surface area contributed by atoms with Crippen LogP contribution in [0.2, 0.25) is 0 Å². The number of nitrogens with zero attached hydrogens (tertiary/aromatic N) is 2. The number of carboxylic acid groups (broad SMARTS) is 4. The lowest BCUT2D eigenvalue weighted by molar-refractivity contribution is 0.0650. The highest BCUT2D eigenvalue weighted by atomic mass is 35.5. The van der Waals surface area contributed by atoms with E-state index in [0.29, 0.717) is 4.36 Å². The average Bonchev–Trinajstić information content (AvgIpc) is 2.78. The molecular formula is C22H16Cl2N2O8S. The van der Waals surface area contributed by atoms with Crippen LogP contribution in [0.3, 0.4) is 0 Å². The van der Waals surface area contributed by atoms with Crippen LogP contribution in [0.1, 0.15) is 58.6 Å². The molecule has 0 saturated heterocycles. The van der Waals surface area contributed by atoms with Gasteiger partial charge in [-0.1, -0.05) is 35.3 Å². The molecule has 0 saturated carbocycles. The van der Waals surface area contributed by atoms with Gasteiger partial charge in [-0.3, -0.25) is 0 Å². The molecule has 0 bridgehead atoms. The van der Waals surface area contributed by atoms with Crippen molar-refractivity contribution in [2.24, 2.45) is 0 Å². The summed E-state index contributed by atoms with van der Waals surface area (Å²) in [6.45, 7) is 0. The second-order valence-electron chi connectivity index (χ2n) is 7.16. The number of aromatic carboxylic acids is 4. The van der Waals surface area contributed by atoms with Gasteiger partial charge in [0.25, 0.3) is 0 Å². The van der Waals surface area contributed by atoms with E-state index in [1.165, 1.54) is 28.8 Å². The number of rotatable bonds is 8. The molecule has 0 radical (unpaired) electrons. The predicted octanol–water partition coefficient (Wildman–Crippen LogP) is 4.54. The molecule has 0 spiro atoms. The Balaban J connectivity index is 2.24. The number of allylic oxidation sites excluding steroid dienone is 2. The van der Waals surface area contributed by atoms with E-state index in [2.05, 4.69) is 0 Å². The maximum atomic E-state index is 11.8. The van der Waals surface area contributed by atoms with E-state index >= 15 is 0 Å². The molecule has 1 aliphatic heterocycles. The molecule has 0 fully saturated rings. The Bertz CT molecular complexity index is 1230. The van der Waals surface area contributed by atoms with Crippen LogP contribution < -0.4 is 0 Å². The van der Waals surface area contributed by atoms with Gasteiger partial charge in [0.05, 0.1) is 37.7 Å². The second kappa shape index (κ2) is 10.4. The van der Waals surface area contributed by atoms with Gasteiger partial charge in [0.1, 0.15) is 0 Å². The van der Waals surface area contributed by atoms with Gasteiger partial charge in [0.15, 0.2) is 0 Å². The van der Waals surface area contributed by atoms with Crippen molar-refractivity contribution in [3.8, 4) is 0 Å². The smallest absolute Gasteiger partial charge is 0.336 e. The van der Waals surface area contributed by atoms with E-state index in [0.717, 1.165) is 36.2 Å². The van der Waals surface area contributed by atoms with Crippen LogP contribution in [0, 0.1) is 0 Å². The van der Waals surface area contributed by atoms with Crippen molar-refractivity contribution in [2.75, 3.05) is 7.05 Å². The summed E-state index contributed by atoms with van der Waals surface area (Å²) in [5.41, 5.74) is -1.26. The van der Waals surface area contributed by atoms with Gasteiger partial charge in [-0.25, -0.2) is 28.6 Å². The quantitative estimate of drug-likeness (QED) is 0.349. The van der Waals surface area contributed by atoms with Gasteiger partial charge in [-0.15, -0.1) is 0 Å². The number of hydrogen-bond donors (Lipinski definition) is 4. The third-order valence-corrected chi connectivity index (χ3v) is 6.36. The normalized spacial score (nSPS) is 13.5. The first-order valence-electron chi connectivity index (χ1n) is 9.56. The largest absolute Gasteiger partial charge is 0.478 e. The summed E-state index contributed by atoms with van der Waals surface area (Å²) < 4.78 is 1.83. The minimum absolute atomic E-state index is 0.277. The summed E-state index contributed by atoms with van der Waals surface area (Å²) in [7, 11) is 1.59. The molecule has 182 valence electrons. The van der Waals surface area contributed by atoms with E-state index < -0.39 is 52.2 Å². The van der Waals surface area contributed by atoms with Crippen LogP contribution in [0.4, 0.5) is 0 Å². The maximum Gasteiger partial charge on any atom is 0.336 e. The molecule has 0 aromatic heterocycles. The Hall–Kier alpha value is -3.51. The molecule has 4 N–H and O–H groups in total. The van der Waals surface area contributed by atoms with Crippen molar-refractivity contribution in [3.63, 3.8) is 0 Å². The second-order valence-corrected chi connectivity index (χ2v) is 9.23. The minimum atomic E-state index is -1.47. The topological polar surface area (TPSA) is 156 Å². The molecule has 2 aromatic carbocycles. The van der Waals surface area contributed by atoms with E-state index in [9.17, 15) is 39.6 Å². The number of benzene rings is 2. The summed E-state index contributed by atoms with van der Waals surface area (Å²) in [6, 6.07) is 6.45. The third kappa shape index (κ3) is 5.60. The van der Waals surface area contributed by atoms with Gasteiger partial charge in [0.2, 0.25) is 0 Å². The maximum absolute atomic E-state index is 11.8. The van der Waals surface area contributed by atoms with Gasteiger partial charge >= 0.3 is 23.9 Å². The number of hydrazine groups is 1. The number of halogens is 2. The summed E-state index contributed by atoms with van der Waals surface area (Å²) in [5, 5.41) is 39.7. The Morgan fingerprint density at radius 3 is 1.60 bits per heavy atom.